The minimum atomic E-state index is -4.60. The number of nitrogens with zero attached hydrogens (tertiary/aromatic N) is 4. The molecule has 2 aromatic rings. The Morgan fingerprint density at radius 1 is 1.21 bits per heavy atom. The molecule has 1 amide bonds. The second kappa shape index (κ2) is 12.6. The average Bonchev–Trinajstić information content (AvgIpc) is 3.10. The fourth-order valence-electron chi connectivity index (χ4n) is 5.06. The average molecular weight is 549 g/mol. The maximum atomic E-state index is 14.2. The van der Waals surface area contributed by atoms with Crippen LogP contribution in [0.4, 0.5) is 19.0 Å². The van der Waals surface area contributed by atoms with Gasteiger partial charge in [0.15, 0.2) is 0 Å². The molecule has 38 heavy (non-hydrogen) atoms. The van der Waals surface area contributed by atoms with Crippen LogP contribution in [0, 0.1) is 12.8 Å². The molecule has 1 aromatic heterocycles. The first-order valence-electron chi connectivity index (χ1n) is 12.5. The third-order valence-electron chi connectivity index (χ3n) is 6.35. The molecule has 0 aliphatic carbocycles. The van der Waals surface area contributed by atoms with Gasteiger partial charge in [0.05, 0.1) is 11.1 Å². The van der Waals surface area contributed by atoms with Gasteiger partial charge >= 0.3 is 11.9 Å². The molecule has 10 heteroatoms. The molecule has 1 fully saturated rings. The van der Waals surface area contributed by atoms with Crippen molar-refractivity contribution in [3.8, 4) is 12.8 Å². The molecule has 0 saturated carbocycles. The highest BCUT2D eigenvalue weighted by Gasteiger charge is 2.38. The molecule has 0 spiro atoms. The number of allylic oxidation sites excluding steroid dienone is 1. The molecule has 206 valence electrons. The Bertz CT molecular complexity index is 1290. The summed E-state index contributed by atoms with van der Waals surface area (Å²) in [6, 6.07) is 0.633. The van der Waals surface area contributed by atoms with Crippen LogP contribution in [0.5, 0.6) is 0 Å². The van der Waals surface area contributed by atoms with Gasteiger partial charge in [-0.1, -0.05) is 27.0 Å². The topological polar surface area (TPSA) is 58.4 Å². The normalized spacial score (nSPS) is 18.9. The van der Waals surface area contributed by atoms with Gasteiger partial charge in [0, 0.05) is 47.6 Å². The van der Waals surface area contributed by atoms with E-state index >= 15 is 0 Å². The van der Waals surface area contributed by atoms with E-state index in [0.717, 1.165) is 6.07 Å². The smallest absolute Gasteiger partial charge is 0.352 e. The lowest BCUT2D eigenvalue weighted by molar-refractivity contribution is -0.137. The molecular formula is C28H35F3N4O2S. The van der Waals surface area contributed by atoms with Gasteiger partial charge in [-0.25, -0.2) is 4.79 Å². The van der Waals surface area contributed by atoms with E-state index in [0.29, 0.717) is 53.2 Å². The van der Waals surface area contributed by atoms with E-state index in [2.05, 4.69) is 31.0 Å². The van der Waals surface area contributed by atoms with Crippen LogP contribution in [0.25, 0.3) is 16.5 Å². The first-order valence-corrected chi connectivity index (χ1v) is 13.4. The number of thioether (sulfide) groups is 1. The highest BCUT2D eigenvalue weighted by molar-refractivity contribution is 7.99. The van der Waals surface area contributed by atoms with Crippen LogP contribution >= 0.6 is 11.8 Å². The van der Waals surface area contributed by atoms with Crippen LogP contribution in [0.2, 0.25) is 0 Å². The van der Waals surface area contributed by atoms with E-state index in [4.69, 9.17) is 0 Å². The van der Waals surface area contributed by atoms with Crippen molar-refractivity contribution in [3.05, 3.63) is 46.9 Å². The second-order valence-corrected chi connectivity index (χ2v) is 10.0. The van der Waals surface area contributed by atoms with Crippen molar-refractivity contribution >= 4 is 40.0 Å². The molecule has 4 rings (SSSR count). The van der Waals surface area contributed by atoms with Crippen LogP contribution in [-0.2, 0) is 17.5 Å². The zero-order valence-corrected chi connectivity index (χ0v) is 23.4. The van der Waals surface area contributed by atoms with Gasteiger partial charge in [-0.15, -0.1) is 24.6 Å². The van der Waals surface area contributed by atoms with Crippen molar-refractivity contribution in [2.24, 2.45) is 0 Å². The third-order valence-corrected chi connectivity index (χ3v) is 7.53. The summed E-state index contributed by atoms with van der Waals surface area (Å²) in [6.45, 7) is 17.7. The highest BCUT2D eigenvalue weighted by atomic mass is 32.2. The number of aryl methyl sites for hydroxylation is 1. The lowest BCUT2D eigenvalue weighted by Gasteiger charge is -2.44. The van der Waals surface area contributed by atoms with Gasteiger partial charge in [-0.05, 0) is 50.7 Å². The van der Waals surface area contributed by atoms with Crippen LogP contribution in [0.3, 0.4) is 0 Å². The summed E-state index contributed by atoms with van der Waals surface area (Å²) >= 11 is 1.33. The number of halogens is 3. The fraction of sp³-hybridized carbons (Fsp3) is 0.464. The number of hydrogen-bond acceptors (Lipinski definition) is 5. The highest BCUT2D eigenvalue weighted by Crippen LogP contribution is 2.46. The summed E-state index contributed by atoms with van der Waals surface area (Å²) in [7, 11) is 0. The summed E-state index contributed by atoms with van der Waals surface area (Å²) in [6.07, 6.45) is 5.30. The second-order valence-electron chi connectivity index (χ2n) is 8.93. The van der Waals surface area contributed by atoms with Crippen molar-refractivity contribution < 1.29 is 18.0 Å². The Kier molecular flexibility index (Phi) is 10.3. The van der Waals surface area contributed by atoms with E-state index in [1.807, 2.05) is 32.6 Å². The van der Waals surface area contributed by atoms with Crippen LogP contribution in [0.15, 0.2) is 35.0 Å². The first-order chi connectivity index (χ1) is 18.0. The Hall–Kier alpha value is -3.19. The molecule has 3 heterocycles. The van der Waals surface area contributed by atoms with Gasteiger partial charge in [-0.2, -0.15) is 18.2 Å². The van der Waals surface area contributed by atoms with E-state index in [1.165, 1.54) is 22.4 Å². The lowest BCUT2D eigenvalue weighted by atomic mass is 9.97. The van der Waals surface area contributed by atoms with Crippen LogP contribution < -0.4 is 10.6 Å². The molecule has 0 N–H and O–H groups in total. The van der Waals surface area contributed by atoms with Crippen molar-refractivity contribution in [1.82, 2.24) is 14.5 Å². The Balaban J connectivity index is 0.00000121. The molecule has 2 unspecified atom stereocenters. The molecule has 6 nitrogen and oxygen atoms in total. The number of aromatic nitrogens is 2. The predicted octanol–water partition coefficient (Wildman–Crippen LogP) is 5.83. The van der Waals surface area contributed by atoms with E-state index in [-0.39, 0.29) is 29.4 Å². The largest absolute Gasteiger partial charge is 0.417 e. The summed E-state index contributed by atoms with van der Waals surface area (Å²) in [4.78, 5) is 33.6. The molecule has 2 aliphatic heterocycles. The zero-order valence-electron chi connectivity index (χ0n) is 22.6. The van der Waals surface area contributed by atoms with Gasteiger partial charge in [0.2, 0.25) is 5.91 Å². The summed E-state index contributed by atoms with van der Waals surface area (Å²) in [5.41, 5.74) is -0.432. The number of piperazine rings is 1. The van der Waals surface area contributed by atoms with E-state index < -0.39 is 17.4 Å². The molecule has 2 aliphatic rings. The SMILES string of the molecule is C#C.C=CC(=O)N1C(C)CN(c2nc(=O)n3c4c(c(C(=C)C)c(C(F)(F)F)cc24)SCCC3)CC1C.CC. The number of carbonyl (C=O) groups excluding carboxylic acids is 1. The fourth-order valence-corrected chi connectivity index (χ4v) is 6.32. The number of anilines is 1. The summed E-state index contributed by atoms with van der Waals surface area (Å²) in [5, 5.41) is 0.296. The first kappa shape index (κ1) is 31.0. The van der Waals surface area contributed by atoms with E-state index in [1.54, 1.807) is 11.8 Å². The number of rotatable bonds is 3. The van der Waals surface area contributed by atoms with Gasteiger partial charge in [0.1, 0.15) is 5.82 Å². The van der Waals surface area contributed by atoms with Crippen molar-refractivity contribution in [1.29, 1.82) is 0 Å². The third kappa shape index (κ3) is 5.78. The summed E-state index contributed by atoms with van der Waals surface area (Å²) in [5.74, 6) is 0.606. The maximum absolute atomic E-state index is 14.2. The quantitative estimate of drug-likeness (QED) is 0.357. The van der Waals surface area contributed by atoms with Crippen LogP contribution in [-0.4, -0.2) is 51.3 Å². The Morgan fingerprint density at radius 2 is 1.79 bits per heavy atom. The molecule has 0 bridgehead atoms. The number of carbonyl (C=O) groups is 1. The van der Waals surface area contributed by atoms with Gasteiger partial charge in [0.25, 0.3) is 0 Å². The number of terminal acetylenes is 1. The Morgan fingerprint density at radius 3 is 2.29 bits per heavy atom. The monoisotopic (exact) mass is 548 g/mol. The summed E-state index contributed by atoms with van der Waals surface area (Å²) < 4.78 is 44.2. The van der Waals surface area contributed by atoms with Crippen molar-refractivity contribution in [3.63, 3.8) is 0 Å². The molecule has 2 atom stereocenters. The number of amides is 1. The standard InChI is InChI=1S/C24H27F3N4O2S.C2H6.C2H2/c1-6-18(32)31-14(4)11-29(12-15(31)5)22-16-10-17(24(25,26)27)19(13(2)3)21-20(16)30(23(33)28-22)8-7-9-34-21;2*1-2/h6,10,14-15H,1-2,7-9,11-12H2,3-5H3;1-2H3;1-2H. The zero-order chi connectivity index (χ0) is 28.9. The number of alkyl halides is 3. The number of hydrogen-bond donors (Lipinski definition) is 0. The molecule has 0 radical (unpaired) electrons. The van der Waals surface area contributed by atoms with Crippen molar-refractivity contribution in [2.45, 2.75) is 70.7 Å². The lowest BCUT2D eigenvalue weighted by Crippen LogP contribution is -2.58. The number of benzene rings is 1. The van der Waals surface area contributed by atoms with Gasteiger partial charge < -0.3 is 9.80 Å². The molecular weight excluding hydrogens is 513 g/mol. The Labute approximate surface area is 226 Å². The van der Waals surface area contributed by atoms with Crippen LogP contribution in [0.1, 0.15) is 52.2 Å². The van der Waals surface area contributed by atoms with E-state index in [9.17, 15) is 22.8 Å². The molecule has 1 aromatic carbocycles. The van der Waals surface area contributed by atoms with Gasteiger partial charge in [-0.3, -0.25) is 9.36 Å². The minimum absolute atomic E-state index is 0.0420. The predicted molar refractivity (Wildman–Crippen MR) is 150 cm³/mol. The minimum Gasteiger partial charge on any atom is -0.352 e. The van der Waals surface area contributed by atoms with Crippen molar-refractivity contribution in [2.75, 3.05) is 23.7 Å². The maximum Gasteiger partial charge on any atom is 0.417 e. The molecule has 1 saturated heterocycles.